The lowest BCUT2D eigenvalue weighted by molar-refractivity contribution is 0.716. The highest BCUT2D eigenvalue weighted by Gasteiger charge is 2.30. The second kappa shape index (κ2) is 6.58. The van der Waals surface area contributed by atoms with Crippen LogP contribution in [-0.4, -0.2) is 17.6 Å². The van der Waals surface area contributed by atoms with Crippen molar-refractivity contribution in [2.24, 2.45) is 0 Å². The molecule has 3 nitrogen and oxygen atoms in total. The average molecular weight is 301 g/mol. The first kappa shape index (κ1) is 14.5. The first-order valence-corrected chi connectivity index (χ1v) is 8.67. The highest BCUT2D eigenvalue weighted by molar-refractivity contribution is 7.07. The number of nitrogens with zero attached hydrogens (tertiary/aromatic N) is 2. The topological polar surface area (TPSA) is 28.2 Å². The molecule has 1 saturated carbocycles. The molecule has 0 amide bonds. The summed E-state index contributed by atoms with van der Waals surface area (Å²) in [5.41, 5.74) is 3.83. The summed E-state index contributed by atoms with van der Waals surface area (Å²) in [6.07, 6.45) is 2.59. The van der Waals surface area contributed by atoms with Crippen LogP contribution in [0.2, 0.25) is 0 Å². The van der Waals surface area contributed by atoms with E-state index in [1.54, 1.807) is 11.3 Å². The van der Waals surface area contributed by atoms with Gasteiger partial charge in [0.2, 0.25) is 0 Å². The summed E-state index contributed by atoms with van der Waals surface area (Å²) in [6.45, 7) is 7.13. The van der Waals surface area contributed by atoms with E-state index in [4.69, 9.17) is 4.98 Å². The molecule has 2 heterocycles. The third kappa shape index (κ3) is 3.63. The molecule has 3 rings (SSSR count). The fourth-order valence-electron chi connectivity index (χ4n) is 2.55. The summed E-state index contributed by atoms with van der Waals surface area (Å²) in [7, 11) is 0. The fraction of sp³-hybridized carbons (Fsp3) is 0.471. The molecule has 112 valence electrons. The van der Waals surface area contributed by atoms with Gasteiger partial charge in [-0.25, -0.2) is 4.98 Å². The van der Waals surface area contributed by atoms with Crippen LogP contribution in [-0.2, 0) is 13.1 Å². The standard InChI is InChI=1S/C17H23N3S/c1-3-18-10-15-4-7-17(19-13(15)2)20(16-5-6-16)11-14-8-9-21-12-14/h4,7-9,12,16,18H,3,5-6,10-11H2,1-2H3. The normalized spacial score (nSPS) is 14.4. The maximum atomic E-state index is 4.86. The third-order valence-corrected chi connectivity index (χ3v) is 4.69. The molecule has 21 heavy (non-hydrogen) atoms. The van der Waals surface area contributed by atoms with Gasteiger partial charge in [-0.05, 0) is 60.3 Å². The number of nitrogens with one attached hydrogen (secondary N) is 1. The zero-order valence-corrected chi connectivity index (χ0v) is 13.6. The number of rotatable bonds is 7. The minimum Gasteiger partial charge on any atom is -0.349 e. The molecule has 1 aliphatic rings. The van der Waals surface area contributed by atoms with Gasteiger partial charge >= 0.3 is 0 Å². The molecular formula is C17H23N3S. The molecule has 0 radical (unpaired) electrons. The average Bonchev–Trinajstić information content (AvgIpc) is 3.20. The lowest BCUT2D eigenvalue weighted by atomic mass is 10.2. The van der Waals surface area contributed by atoms with Crippen LogP contribution in [0, 0.1) is 6.92 Å². The lowest BCUT2D eigenvalue weighted by Crippen LogP contribution is -2.26. The predicted molar refractivity (Wildman–Crippen MR) is 89.9 cm³/mol. The zero-order valence-electron chi connectivity index (χ0n) is 12.8. The van der Waals surface area contributed by atoms with Gasteiger partial charge in [-0.15, -0.1) is 0 Å². The third-order valence-electron chi connectivity index (χ3n) is 3.96. The van der Waals surface area contributed by atoms with E-state index >= 15 is 0 Å². The van der Waals surface area contributed by atoms with E-state index in [1.807, 2.05) is 0 Å². The maximum absolute atomic E-state index is 4.86. The Bertz CT molecular complexity index is 576. The first-order chi connectivity index (χ1) is 10.3. The van der Waals surface area contributed by atoms with Crippen molar-refractivity contribution >= 4 is 17.2 Å². The van der Waals surface area contributed by atoms with Crippen LogP contribution < -0.4 is 10.2 Å². The van der Waals surface area contributed by atoms with E-state index < -0.39 is 0 Å². The molecule has 0 aromatic carbocycles. The Labute approximate surface area is 131 Å². The summed E-state index contributed by atoms with van der Waals surface area (Å²) >= 11 is 1.77. The second-order valence-corrected chi connectivity index (χ2v) is 6.47. The van der Waals surface area contributed by atoms with Gasteiger partial charge in [-0.3, -0.25) is 0 Å². The Morgan fingerprint density at radius 2 is 2.19 bits per heavy atom. The van der Waals surface area contributed by atoms with E-state index in [2.05, 4.69) is 53.0 Å². The zero-order chi connectivity index (χ0) is 14.7. The van der Waals surface area contributed by atoms with Crippen molar-refractivity contribution < 1.29 is 0 Å². The minimum absolute atomic E-state index is 0.677. The van der Waals surface area contributed by atoms with Gasteiger partial charge in [-0.2, -0.15) is 11.3 Å². The number of anilines is 1. The minimum atomic E-state index is 0.677. The predicted octanol–water partition coefficient (Wildman–Crippen LogP) is 3.73. The van der Waals surface area contributed by atoms with E-state index in [0.29, 0.717) is 6.04 Å². The largest absolute Gasteiger partial charge is 0.349 e. The number of thiophene rings is 1. The second-order valence-electron chi connectivity index (χ2n) is 5.68. The van der Waals surface area contributed by atoms with E-state index in [1.165, 1.54) is 24.0 Å². The van der Waals surface area contributed by atoms with Gasteiger partial charge in [0.05, 0.1) is 0 Å². The Balaban J connectivity index is 1.77. The summed E-state index contributed by atoms with van der Waals surface area (Å²) in [5, 5.41) is 7.76. The molecule has 2 aromatic heterocycles. The smallest absolute Gasteiger partial charge is 0.129 e. The molecule has 4 heteroatoms. The van der Waals surface area contributed by atoms with Crippen molar-refractivity contribution in [3.8, 4) is 0 Å². The first-order valence-electron chi connectivity index (χ1n) is 7.73. The molecule has 1 aliphatic carbocycles. The molecule has 0 aliphatic heterocycles. The molecular weight excluding hydrogens is 278 g/mol. The molecule has 1 N–H and O–H groups in total. The van der Waals surface area contributed by atoms with Crippen LogP contribution in [0.3, 0.4) is 0 Å². The van der Waals surface area contributed by atoms with Crippen molar-refractivity contribution in [2.45, 2.75) is 45.8 Å². The SMILES string of the molecule is CCNCc1ccc(N(Cc2ccsc2)C2CC2)nc1C. The Morgan fingerprint density at radius 1 is 1.33 bits per heavy atom. The Hall–Kier alpha value is -1.39. The summed E-state index contributed by atoms with van der Waals surface area (Å²) in [5.74, 6) is 1.13. The van der Waals surface area contributed by atoms with Gasteiger partial charge < -0.3 is 10.2 Å². The van der Waals surface area contributed by atoms with E-state index in [9.17, 15) is 0 Å². The number of pyridine rings is 1. The van der Waals surface area contributed by atoms with Gasteiger partial charge in [0, 0.05) is 24.8 Å². The van der Waals surface area contributed by atoms with Crippen LogP contribution in [0.4, 0.5) is 5.82 Å². The monoisotopic (exact) mass is 301 g/mol. The van der Waals surface area contributed by atoms with Crippen LogP contribution in [0.1, 0.15) is 36.6 Å². The molecule has 1 fully saturated rings. The summed E-state index contributed by atoms with van der Waals surface area (Å²) in [4.78, 5) is 7.32. The fourth-order valence-corrected chi connectivity index (χ4v) is 3.21. The number of aromatic nitrogens is 1. The van der Waals surface area contributed by atoms with Crippen molar-refractivity contribution in [2.75, 3.05) is 11.4 Å². The number of hydrogen-bond donors (Lipinski definition) is 1. The highest BCUT2D eigenvalue weighted by Crippen LogP contribution is 2.32. The van der Waals surface area contributed by atoms with Crippen molar-refractivity contribution in [3.63, 3.8) is 0 Å². The van der Waals surface area contributed by atoms with E-state index in [-0.39, 0.29) is 0 Å². The van der Waals surface area contributed by atoms with Crippen molar-refractivity contribution in [3.05, 3.63) is 45.8 Å². The summed E-state index contributed by atoms with van der Waals surface area (Å²) < 4.78 is 0. The Morgan fingerprint density at radius 3 is 2.81 bits per heavy atom. The van der Waals surface area contributed by atoms with Gasteiger partial charge in [0.15, 0.2) is 0 Å². The quantitative estimate of drug-likeness (QED) is 0.844. The maximum Gasteiger partial charge on any atom is 0.129 e. The molecule has 0 saturated heterocycles. The molecule has 0 unspecified atom stereocenters. The molecule has 0 bridgehead atoms. The van der Waals surface area contributed by atoms with Crippen LogP contribution >= 0.6 is 11.3 Å². The van der Waals surface area contributed by atoms with Crippen molar-refractivity contribution in [1.29, 1.82) is 0 Å². The summed E-state index contributed by atoms with van der Waals surface area (Å²) in [6, 6.07) is 7.30. The number of aryl methyl sites for hydroxylation is 1. The van der Waals surface area contributed by atoms with Crippen LogP contribution in [0.5, 0.6) is 0 Å². The van der Waals surface area contributed by atoms with E-state index in [0.717, 1.165) is 31.1 Å². The van der Waals surface area contributed by atoms with Gasteiger partial charge in [-0.1, -0.05) is 13.0 Å². The highest BCUT2D eigenvalue weighted by atomic mass is 32.1. The number of hydrogen-bond acceptors (Lipinski definition) is 4. The molecule has 2 aromatic rings. The van der Waals surface area contributed by atoms with Crippen molar-refractivity contribution in [1.82, 2.24) is 10.3 Å². The van der Waals surface area contributed by atoms with Crippen LogP contribution in [0.15, 0.2) is 29.0 Å². The molecule has 0 spiro atoms. The molecule has 0 atom stereocenters. The Kier molecular flexibility index (Phi) is 4.56. The van der Waals surface area contributed by atoms with Crippen LogP contribution in [0.25, 0.3) is 0 Å². The van der Waals surface area contributed by atoms with Gasteiger partial charge in [0.25, 0.3) is 0 Å². The van der Waals surface area contributed by atoms with Gasteiger partial charge in [0.1, 0.15) is 5.82 Å². The lowest BCUT2D eigenvalue weighted by Gasteiger charge is -2.24.